The lowest BCUT2D eigenvalue weighted by molar-refractivity contribution is 0.102. The molecule has 10 heteroatoms. The summed E-state index contributed by atoms with van der Waals surface area (Å²) in [5, 5.41) is 8.09. The molecule has 3 rings (SSSR count). The van der Waals surface area contributed by atoms with E-state index >= 15 is 0 Å². The summed E-state index contributed by atoms with van der Waals surface area (Å²) in [7, 11) is 0. The number of carbonyl (C=O) groups excluding carboxylic acids is 1. The molecule has 0 aliphatic carbocycles. The summed E-state index contributed by atoms with van der Waals surface area (Å²) in [6, 6.07) is 7.58. The van der Waals surface area contributed by atoms with Gasteiger partial charge in [0.15, 0.2) is 5.78 Å². The number of benzene rings is 1. The van der Waals surface area contributed by atoms with E-state index in [-0.39, 0.29) is 22.4 Å². The zero-order valence-electron chi connectivity index (χ0n) is 15.4. The first-order valence-electron chi connectivity index (χ1n) is 8.59. The Bertz CT molecular complexity index is 1130. The fourth-order valence-corrected chi connectivity index (χ4v) is 3.30. The topological polar surface area (TPSA) is 137 Å². The number of nitrogen functional groups attached to an aromatic ring is 1. The Hall–Kier alpha value is -3.14. The number of H-pyrrole nitrogens is 1. The predicted octanol–water partition coefficient (Wildman–Crippen LogP) is 1.86. The van der Waals surface area contributed by atoms with Crippen LogP contribution in [0.5, 0.6) is 0 Å². The van der Waals surface area contributed by atoms with Crippen LogP contribution in [0.15, 0.2) is 43.5 Å². The van der Waals surface area contributed by atoms with E-state index in [0.717, 1.165) is 22.9 Å². The minimum Gasteiger partial charge on any atom is -0.411 e. The van der Waals surface area contributed by atoms with Crippen LogP contribution in [0, 0.1) is 6.92 Å². The van der Waals surface area contributed by atoms with E-state index in [4.69, 9.17) is 10.2 Å². The number of nitrogens with zero attached hydrogens (tertiary/aromatic N) is 3. The molecule has 0 atom stereocenters. The molecule has 0 unspecified atom stereocenters. The molecule has 28 heavy (non-hydrogen) atoms. The van der Waals surface area contributed by atoms with Crippen molar-refractivity contribution in [1.29, 1.82) is 0 Å². The van der Waals surface area contributed by atoms with Gasteiger partial charge >= 0.3 is 5.69 Å². The second kappa shape index (κ2) is 8.26. The Kier molecular flexibility index (Phi) is 5.78. The van der Waals surface area contributed by atoms with E-state index in [2.05, 4.69) is 15.2 Å². The molecule has 0 aliphatic heterocycles. The van der Waals surface area contributed by atoms with E-state index in [1.807, 2.05) is 38.1 Å². The highest BCUT2D eigenvalue weighted by molar-refractivity contribution is 7.99. The molecular weight excluding hydrogens is 382 g/mol. The average molecular weight is 401 g/mol. The largest absolute Gasteiger partial charge is 0.411 e. The lowest BCUT2D eigenvalue weighted by atomic mass is 10.1. The van der Waals surface area contributed by atoms with Crippen molar-refractivity contribution in [2.24, 2.45) is 0 Å². The number of thioether (sulfide) groups is 1. The lowest BCUT2D eigenvalue weighted by Crippen LogP contribution is -2.36. The number of aromatic amines is 1. The molecule has 1 aromatic carbocycles. The summed E-state index contributed by atoms with van der Waals surface area (Å²) in [5.41, 5.74) is 6.06. The minimum absolute atomic E-state index is 0.132. The van der Waals surface area contributed by atoms with Gasteiger partial charge in [-0.2, -0.15) is 0 Å². The minimum atomic E-state index is -0.800. The van der Waals surface area contributed by atoms with Gasteiger partial charge in [-0.25, -0.2) is 4.79 Å². The first-order chi connectivity index (χ1) is 13.4. The summed E-state index contributed by atoms with van der Waals surface area (Å²) in [4.78, 5) is 38.6. The number of hydrogen-bond acceptors (Lipinski definition) is 8. The lowest BCUT2D eigenvalue weighted by Gasteiger charge is -2.10. The summed E-state index contributed by atoms with van der Waals surface area (Å²) < 4.78 is 6.75. The van der Waals surface area contributed by atoms with Crippen LogP contribution in [-0.4, -0.2) is 31.3 Å². The molecule has 9 nitrogen and oxygen atoms in total. The van der Waals surface area contributed by atoms with Crippen LogP contribution in [0.25, 0.3) is 11.5 Å². The van der Waals surface area contributed by atoms with Crippen molar-refractivity contribution in [3.63, 3.8) is 0 Å². The maximum Gasteiger partial charge on any atom is 0.329 e. The molecule has 3 aromatic rings. The number of aryl methyl sites for hydroxylation is 1. The van der Waals surface area contributed by atoms with Gasteiger partial charge in [0.05, 0.1) is 5.75 Å². The molecule has 0 bridgehead atoms. The van der Waals surface area contributed by atoms with Gasteiger partial charge in [0.25, 0.3) is 10.8 Å². The highest BCUT2D eigenvalue weighted by Crippen LogP contribution is 2.24. The van der Waals surface area contributed by atoms with Crippen molar-refractivity contribution in [3.05, 3.63) is 56.2 Å². The van der Waals surface area contributed by atoms with Gasteiger partial charge < -0.3 is 10.2 Å². The second-order valence-electron chi connectivity index (χ2n) is 6.13. The molecule has 2 heterocycles. The Morgan fingerprint density at radius 2 is 2.11 bits per heavy atom. The van der Waals surface area contributed by atoms with E-state index in [9.17, 15) is 14.4 Å². The van der Waals surface area contributed by atoms with Crippen LogP contribution in [-0.2, 0) is 6.54 Å². The van der Waals surface area contributed by atoms with E-state index < -0.39 is 17.0 Å². The summed E-state index contributed by atoms with van der Waals surface area (Å²) >= 11 is 0.998. The van der Waals surface area contributed by atoms with E-state index in [1.54, 1.807) is 0 Å². The molecule has 3 N–H and O–H groups in total. The monoisotopic (exact) mass is 401 g/mol. The van der Waals surface area contributed by atoms with Crippen LogP contribution in [0.3, 0.4) is 0 Å². The molecule has 0 saturated heterocycles. The number of ketones is 1. The maximum atomic E-state index is 12.5. The smallest absolute Gasteiger partial charge is 0.329 e. The van der Waals surface area contributed by atoms with Crippen molar-refractivity contribution in [2.75, 3.05) is 11.5 Å². The molecular formula is C18H19N5O4S. The van der Waals surface area contributed by atoms with Crippen molar-refractivity contribution in [3.8, 4) is 11.5 Å². The quantitative estimate of drug-likeness (QED) is 0.452. The van der Waals surface area contributed by atoms with Gasteiger partial charge in [-0.1, -0.05) is 36.4 Å². The van der Waals surface area contributed by atoms with Gasteiger partial charge in [0, 0.05) is 12.1 Å². The first-order valence-corrected chi connectivity index (χ1v) is 9.58. The van der Waals surface area contributed by atoms with Crippen molar-refractivity contribution in [1.82, 2.24) is 19.7 Å². The second-order valence-corrected chi connectivity index (χ2v) is 7.05. The Balaban J connectivity index is 1.77. The fourth-order valence-electron chi connectivity index (χ4n) is 2.67. The predicted molar refractivity (Wildman–Crippen MR) is 106 cm³/mol. The van der Waals surface area contributed by atoms with Crippen LogP contribution < -0.4 is 17.0 Å². The van der Waals surface area contributed by atoms with Crippen LogP contribution >= 0.6 is 11.8 Å². The third-order valence-corrected chi connectivity index (χ3v) is 4.78. The third-order valence-electron chi connectivity index (χ3n) is 3.96. The molecule has 0 spiro atoms. The zero-order chi connectivity index (χ0) is 20.3. The van der Waals surface area contributed by atoms with Gasteiger partial charge in [-0.05, 0) is 25.5 Å². The number of Topliss-reactive ketones (excluding diaryl/α,β-unsaturated/α-hetero) is 1. The molecule has 146 valence electrons. The highest BCUT2D eigenvalue weighted by Gasteiger charge is 2.20. The number of carbonyl (C=O) groups is 1. The van der Waals surface area contributed by atoms with Gasteiger partial charge in [0.2, 0.25) is 5.89 Å². The number of nitrogens with one attached hydrogen (secondary N) is 1. The van der Waals surface area contributed by atoms with Crippen molar-refractivity contribution in [2.45, 2.75) is 32.0 Å². The summed E-state index contributed by atoms with van der Waals surface area (Å²) in [5.74, 6) is -0.448. The number of nitrogens with two attached hydrogens (primary N) is 1. The van der Waals surface area contributed by atoms with Gasteiger partial charge in [0.1, 0.15) is 11.4 Å². The van der Waals surface area contributed by atoms with Gasteiger partial charge in [-0.3, -0.25) is 19.1 Å². The number of aromatic nitrogens is 4. The van der Waals surface area contributed by atoms with Gasteiger partial charge in [-0.15, -0.1) is 10.2 Å². The molecule has 0 saturated carbocycles. The molecule has 0 aliphatic rings. The highest BCUT2D eigenvalue weighted by atomic mass is 32.2. The molecule has 0 radical (unpaired) electrons. The summed E-state index contributed by atoms with van der Waals surface area (Å²) in [6.45, 7) is 4.11. The molecule has 2 aromatic heterocycles. The average Bonchev–Trinajstić information content (AvgIpc) is 3.12. The first kappa shape index (κ1) is 19.6. The van der Waals surface area contributed by atoms with Crippen LogP contribution in [0.2, 0.25) is 0 Å². The number of anilines is 1. The fraction of sp³-hybridized carbons (Fsp3) is 0.278. The van der Waals surface area contributed by atoms with E-state index in [1.165, 1.54) is 4.57 Å². The third kappa shape index (κ3) is 4.06. The standard InChI is InChI=1S/C18H19N5O4S/c1-3-7-23-14(19)13(15(25)20-17(23)26)12(24)9-28-18-22-21-16(27-18)11-6-4-5-10(2)8-11/h4-6,8H,3,7,9,19H2,1-2H3,(H,20,25,26). The Labute approximate surface area is 164 Å². The van der Waals surface area contributed by atoms with Crippen LogP contribution in [0.1, 0.15) is 29.3 Å². The van der Waals surface area contributed by atoms with Crippen molar-refractivity contribution >= 4 is 23.4 Å². The number of hydrogen-bond donors (Lipinski definition) is 2. The normalized spacial score (nSPS) is 10.9. The molecule has 0 amide bonds. The van der Waals surface area contributed by atoms with E-state index in [0.29, 0.717) is 18.9 Å². The number of rotatable bonds is 7. The Morgan fingerprint density at radius 1 is 1.32 bits per heavy atom. The maximum absolute atomic E-state index is 12.5. The van der Waals surface area contributed by atoms with Crippen LogP contribution in [0.4, 0.5) is 5.82 Å². The zero-order valence-corrected chi connectivity index (χ0v) is 16.2. The molecule has 0 fully saturated rings. The van der Waals surface area contributed by atoms with Crippen molar-refractivity contribution < 1.29 is 9.21 Å². The summed E-state index contributed by atoms with van der Waals surface area (Å²) in [6.07, 6.45) is 0.627. The Morgan fingerprint density at radius 3 is 2.82 bits per heavy atom. The SMILES string of the molecule is CCCn1c(N)c(C(=O)CSc2nnc(-c3cccc(C)c3)o2)c(=O)[nH]c1=O.